The van der Waals surface area contributed by atoms with Gasteiger partial charge < -0.3 is 5.32 Å². The van der Waals surface area contributed by atoms with Crippen LogP contribution in [0.5, 0.6) is 0 Å². The molecule has 1 atom stereocenters. The number of hydrogen-bond acceptors (Lipinski definition) is 4. The first-order valence-electron chi connectivity index (χ1n) is 4.03. The van der Waals surface area contributed by atoms with Gasteiger partial charge >= 0.3 is 0 Å². The molecule has 2 fully saturated rings. The summed E-state index contributed by atoms with van der Waals surface area (Å²) in [6.07, 6.45) is 0.948. The maximum absolute atomic E-state index is 11.4. The average molecular weight is 226 g/mol. The molecule has 2 heterocycles. The molecule has 2 aliphatic heterocycles. The summed E-state index contributed by atoms with van der Waals surface area (Å²) >= 11 is 0. The number of carbonyl (C=O) groups excluding carboxylic acids is 1. The van der Waals surface area contributed by atoms with Crippen molar-refractivity contribution in [3.05, 3.63) is 0 Å². The highest BCUT2D eigenvalue weighted by molar-refractivity contribution is 7.91. The van der Waals surface area contributed by atoms with E-state index in [2.05, 4.69) is 5.32 Å². The fourth-order valence-corrected chi connectivity index (χ4v) is 3.92. The van der Waals surface area contributed by atoms with E-state index in [0.29, 0.717) is 19.4 Å². The minimum atomic E-state index is -2.95. The highest BCUT2D eigenvalue weighted by atomic mass is 35.5. The van der Waals surface area contributed by atoms with Gasteiger partial charge in [-0.05, 0) is 6.42 Å². The lowest BCUT2D eigenvalue weighted by molar-refractivity contribution is -0.121. The summed E-state index contributed by atoms with van der Waals surface area (Å²) in [7, 11) is -2.95. The van der Waals surface area contributed by atoms with Crippen LogP contribution in [0.1, 0.15) is 12.8 Å². The Balaban J connectivity index is 0.000000845. The summed E-state index contributed by atoms with van der Waals surface area (Å²) in [5.41, 5.74) is -0.696. The zero-order valence-corrected chi connectivity index (χ0v) is 8.71. The van der Waals surface area contributed by atoms with Crippen molar-refractivity contribution in [3.63, 3.8) is 0 Å². The topological polar surface area (TPSA) is 63.2 Å². The minimum absolute atomic E-state index is 0. The Kier molecular flexibility index (Phi) is 2.71. The van der Waals surface area contributed by atoms with Crippen molar-refractivity contribution in [1.29, 1.82) is 0 Å². The van der Waals surface area contributed by atoms with Crippen LogP contribution in [0.3, 0.4) is 0 Å². The maximum atomic E-state index is 11.4. The first-order chi connectivity index (χ1) is 5.54. The van der Waals surface area contributed by atoms with Gasteiger partial charge in [-0.15, -0.1) is 12.4 Å². The molecule has 2 saturated heterocycles. The van der Waals surface area contributed by atoms with Crippen LogP contribution in [0.15, 0.2) is 0 Å². The number of ketones is 1. The Morgan fingerprint density at radius 3 is 2.46 bits per heavy atom. The molecule has 0 bridgehead atoms. The highest BCUT2D eigenvalue weighted by Crippen LogP contribution is 2.28. The van der Waals surface area contributed by atoms with Crippen LogP contribution in [-0.2, 0) is 14.6 Å². The molecule has 6 heteroatoms. The summed E-state index contributed by atoms with van der Waals surface area (Å²) in [5.74, 6) is 0.244. The third-order valence-corrected chi connectivity index (χ3v) is 4.41. The van der Waals surface area contributed by atoms with Crippen molar-refractivity contribution in [2.24, 2.45) is 0 Å². The molecule has 0 aromatic carbocycles. The van der Waals surface area contributed by atoms with E-state index < -0.39 is 15.4 Å². The van der Waals surface area contributed by atoms with Crippen molar-refractivity contribution in [3.8, 4) is 0 Å². The first kappa shape index (κ1) is 10.9. The second-order valence-electron chi connectivity index (χ2n) is 3.52. The number of sulfone groups is 1. The summed E-state index contributed by atoms with van der Waals surface area (Å²) in [5, 5.41) is 3.01. The molecule has 0 saturated carbocycles. The zero-order valence-electron chi connectivity index (χ0n) is 7.08. The van der Waals surface area contributed by atoms with Gasteiger partial charge in [0.05, 0.1) is 17.0 Å². The number of Topliss-reactive ketones (excluding diaryl/α,β-unsaturated/α-hetero) is 1. The van der Waals surface area contributed by atoms with Crippen LogP contribution < -0.4 is 5.32 Å². The second-order valence-corrected chi connectivity index (χ2v) is 5.71. The molecule has 2 rings (SSSR count). The summed E-state index contributed by atoms with van der Waals surface area (Å²) < 4.78 is 22.3. The molecular formula is C7H12ClNO3S. The van der Waals surface area contributed by atoms with Crippen molar-refractivity contribution in [1.82, 2.24) is 5.32 Å². The zero-order chi connectivity index (χ0) is 8.82. The van der Waals surface area contributed by atoms with Gasteiger partial charge in [-0.1, -0.05) is 0 Å². The lowest BCUT2D eigenvalue weighted by Gasteiger charge is -2.18. The SMILES string of the molecule is Cl.O=C1CCNC12CCS(=O)(=O)C2. The van der Waals surface area contributed by atoms with E-state index in [-0.39, 0.29) is 29.7 Å². The Morgan fingerprint density at radius 1 is 1.38 bits per heavy atom. The van der Waals surface area contributed by atoms with Gasteiger partial charge in [-0.25, -0.2) is 8.42 Å². The van der Waals surface area contributed by atoms with E-state index in [4.69, 9.17) is 0 Å². The van der Waals surface area contributed by atoms with Crippen LogP contribution in [0, 0.1) is 0 Å². The lowest BCUT2D eigenvalue weighted by Crippen LogP contribution is -2.46. The molecule has 1 unspecified atom stereocenters. The van der Waals surface area contributed by atoms with Crippen molar-refractivity contribution in [2.75, 3.05) is 18.1 Å². The molecule has 0 radical (unpaired) electrons. The average Bonchev–Trinajstić information content (AvgIpc) is 2.43. The number of nitrogens with one attached hydrogen (secondary N) is 1. The van der Waals surface area contributed by atoms with Crippen molar-refractivity contribution < 1.29 is 13.2 Å². The van der Waals surface area contributed by atoms with Crippen LogP contribution in [0.2, 0.25) is 0 Å². The molecule has 13 heavy (non-hydrogen) atoms. The standard InChI is InChI=1S/C7H11NO3S.ClH/c9-6-1-3-8-7(6)2-4-12(10,11)5-7;/h8H,1-5H2;1H. The Bertz CT molecular complexity index is 327. The summed E-state index contributed by atoms with van der Waals surface area (Å²) in [6.45, 7) is 0.633. The van der Waals surface area contributed by atoms with E-state index in [0.717, 1.165) is 0 Å². The minimum Gasteiger partial charge on any atom is -0.304 e. The Hall–Kier alpha value is -0.130. The van der Waals surface area contributed by atoms with Gasteiger partial charge in [0, 0.05) is 13.0 Å². The molecular weight excluding hydrogens is 214 g/mol. The van der Waals surface area contributed by atoms with Gasteiger partial charge in [-0.2, -0.15) is 0 Å². The number of halogens is 1. The molecule has 2 aliphatic rings. The van der Waals surface area contributed by atoms with Crippen molar-refractivity contribution >= 4 is 28.0 Å². The summed E-state index contributed by atoms with van der Waals surface area (Å²) in [6, 6.07) is 0. The maximum Gasteiger partial charge on any atom is 0.155 e. The van der Waals surface area contributed by atoms with E-state index in [9.17, 15) is 13.2 Å². The second kappa shape index (κ2) is 3.22. The van der Waals surface area contributed by atoms with Crippen LogP contribution in [-0.4, -0.2) is 37.8 Å². The molecule has 1 spiro atoms. The van der Waals surface area contributed by atoms with E-state index in [1.807, 2.05) is 0 Å². The van der Waals surface area contributed by atoms with Gasteiger partial charge in [0.15, 0.2) is 15.6 Å². The van der Waals surface area contributed by atoms with Gasteiger partial charge in [0.25, 0.3) is 0 Å². The number of rotatable bonds is 0. The molecule has 4 nitrogen and oxygen atoms in total. The van der Waals surface area contributed by atoms with E-state index in [1.54, 1.807) is 0 Å². The van der Waals surface area contributed by atoms with Gasteiger partial charge in [-0.3, -0.25) is 4.79 Å². The van der Waals surface area contributed by atoms with Crippen LogP contribution in [0.4, 0.5) is 0 Å². The van der Waals surface area contributed by atoms with Gasteiger partial charge in [0.2, 0.25) is 0 Å². The lowest BCUT2D eigenvalue weighted by atomic mass is 9.96. The summed E-state index contributed by atoms with van der Waals surface area (Å²) in [4.78, 5) is 11.4. The third kappa shape index (κ3) is 1.73. The molecule has 0 aromatic heterocycles. The predicted molar refractivity (Wildman–Crippen MR) is 50.9 cm³/mol. The number of carbonyl (C=O) groups is 1. The fourth-order valence-electron chi connectivity index (χ4n) is 1.96. The molecule has 0 amide bonds. The third-order valence-electron chi connectivity index (χ3n) is 2.66. The smallest absolute Gasteiger partial charge is 0.155 e. The largest absolute Gasteiger partial charge is 0.304 e. The normalized spacial score (nSPS) is 36.5. The van der Waals surface area contributed by atoms with E-state index >= 15 is 0 Å². The first-order valence-corrected chi connectivity index (χ1v) is 5.85. The molecule has 1 N–H and O–H groups in total. The molecule has 0 aromatic rings. The number of hydrogen-bond donors (Lipinski definition) is 1. The molecule has 0 aliphatic carbocycles. The Labute approximate surface area is 83.4 Å². The Morgan fingerprint density at radius 2 is 2.08 bits per heavy atom. The molecule has 76 valence electrons. The van der Waals surface area contributed by atoms with Crippen LogP contribution in [0.25, 0.3) is 0 Å². The van der Waals surface area contributed by atoms with Gasteiger partial charge in [0.1, 0.15) is 0 Å². The quantitative estimate of drug-likeness (QED) is 0.606. The van der Waals surface area contributed by atoms with Crippen LogP contribution >= 0.6 is 12.4 Å². The fraction of sp³-hybridized carbons (Fsp3) is 0.857. The van der Waals surface area contributed by atoms with Crippen molar-refractivity contribution in [2.45, 2.75) is 18.4 Å². The predicted octanol–water partition coefficient (Wildman–Crippen LogP) is -0.472. The monoisotopic (exact) mass is 225 g/mol. The van der Waals surface area contributed by atoms with E-state index in [1.165, 1.54) is 0 Å². The highest BCUT2D eigenvalue weighted by Gasteiger charge is 2.49.